The summed E-state index contributed by atoms with van der Waals surface area (Å²) in [6.45, 7) is 2.22. The smallest absolute Gasteiger partial charge is 0.407 e. The first kappa shape index (κ1) is 19.6. The van der Waals surface area contributed by atoms with Gasteiger partial charge in [0.05, 0.1) is 6.10 Å². The van der Waals surface area contributed by atoms with Gasteiger partial charge < -0.3 is 19.9 Å². The molecule has 5 heteroatoms. The molecule has 0 aromatic heterocycles. The molecule has 0 radical (unpaired) electrons. The molecule has 2 N–H and O–H groups in total. The lowest BCUT2D eigenvalue weighted by atomic mass is 9.76. The lowest BCUT2D eigenvalue weighted by Crippen LogP contribution is -2.42. The zero-order valence-electron chi connectivity index (χ0n) is 17.2. The Balaban J connectivity index is 1.18. The lowest BCUT2D eigenvalue weighted by molar-refractivity contribution is -0.0556. The van der Waals surface area contributed by atoms with Crippen LogP contribution in [0.5, 0.6) is 0 Å². The first-order valence-corrected chi connectivity index (χ1v) is 11.0. The Labute approximate surface area is 177 Å². The molecule has 5 nitrogen and oxygen atoms in total. The van der Waals surface area contributed by atoms with Crippen LogP contribution in [0.4, 0.5) is 4.79 Å². The highest BCUT2D eigenvalue weighted by molar-refractivity contribution is 5.79. The van der Waals surface area contributed by atoms with Crippen LogP contribution >= 0.6 is 0 Å². The molecule has 1 saturated carbocycles. The average molecular weight is 408 g/mol. The molecule has 1 spiro atoms. The molecule has 0 bridgehead atoms. The maximum Gasteiger partial charge on any atom is 0.407 e. The van der Waals surface area contributed by atoms with E-state index in [1.54, 1.807) is 0 Å². The number of hydrogen-bond donors (Lipinski definition) is 2. The van der Waals surface area contributed by atoms with Crippen molar-refractivity contribution >= 4 is 6.09 Å². The van der Waals surface area contributed by atoms with Crippen molar-refractivity contribution in [1.29, 1.82) is 0 Å². The highest BCUT2D eigenvalue weighted by Crippen LogP contribution is 2.48. The van der Waals surface area contributed by atoms with Gasteiger partial charge in [-0.05, 0) is 47.9 Å². The first-order chi connectivity index (χ1) is 14.7. The van der Waals surface area contributed by atoms with Gasteiger partial charge in [0.2, 0.25) is 0 Å². The van der Waals surface area contributed by atoms with E-state index in [1.807, 2.05) is 24.3 Å². The van der Waals surface area contributed by atoms with E-state index in [2.05, 4.69) is 29.6 Å². The standard InChI is InChI=1S/C25H29NO4/c27-23-17(9-10-25(23)11-13-29-14-12-25)15-26-24(28)30-16-22-20-7-3-1-5-18(20)19-6-2-4-8-21(19)22/h1-8,17,22-23,27H,9-16H2,(H,26,28)/t17-,23+/m0/s1. The molecule has 2 aromatic rings. The van der Waals surface area contributed by atoms with Gasteiger partial charge in [0.1, 0.15) is 6.61 Å². The van der Waals surface area contributed by atoms with Crippen LogP contribution in [0.25, 0.3) is 11.1 Å². The maximum atomic E-state index is 12.4. The van der Waals surface area contributed by atoms with Crippen molar-refractivity contribution in [2.75, 3.05) is 26.4 Å². The van der Waals surface area contributed by atoms with E-state index in [9.17, 15) is 9.90 Å². The molecule has 1 heterocycles. The fourth-order valence-corrected chi connectivity index (χ4v) is 5.68. The van der Waals surface area contributed by atoms with Gasteiger partial charge in [-0.3, -0.25) is 0 Å². The van der Waals surface area contributed by atoms with E-state index in [0.29, 0.717) is 13.2 Å². The zero-order chi connectivity index (χ0) is 20.6. The first-order valence-electron chi connectivity index (χ1n) is 11.0. The molecule has 1 aliphatic heterocycles. The number of carbonyl (C=O) groups excluding carboxylic acids is 1. The fourth-order valence-electron chi connectivity index (χ4n) is 5.68. The Hall–Kier alpha value is -2.37. The van der Waals surface area contributed by atoms with E-state index < -0.39 is 6.09 Å². The number of aliphatic hydroxyl groups is 1. The summed E-state index contributed by atoms with van der Waals surface area (Å²) < 4.78 is 11.1. The van der Waals surface area contributed by atoms with Gasteiger partial charge in [0.25, 0.3) is 0 Å². The quantitative estimate of drug-likeness (QED) is 0.801. The Morgan fingerprint density at radius 3 is 2.33 bits per heavy atom. The summed E-state index contributed by atoms with van der Waals surface area (Å²) in [5, 5.41) is 13.7. The minimum absolute atomic E-state index is 0.0221. The van der Waals surface area contributed by atoms with Gasteiger partial charge >= 0.3 is 6.09 Å². The number of aliphatic hydroxyl groups excluding tert-OH is 1. The fraction of sp³-hybridized carbons (Fsp3) is 0.480. The highest BCUT2D eigenvalue weighted by Gasteiger charge is 2.48. The van der Waals surface area contributed by atoms with E-state index in [-0.39, 0.29) is 23.4 Å². The Morgan fingerprint density at radius 1 is 1.03 bits per heavy atom. The molecule has 2 atom stereocenters. The van der Waals surface area contributed by atoms with E-state index in [1.165, 1.54) is 22.3 Å². The number of fused-ring (bicyclic) bond motifs is 3. The molecular weight excluding hydrogens is 378 g/mol. The SMILES string of the molecule is O=C(NC[C@@H]1CCC2(CCOCC2)[C@@H]1O)OCC1c2ccccc2-c2ccccc21. The molecule has 30 heavy (non-hydrogen) atoms. The van der Waals surface area contributed by atoms with E-state index >= 15 is 0 Å². The third kappa shape index (κ3) is 3.40. The van der Waals surface area contributed by atoms with Gasteiger partial charge in [0, 0.05) is 37.0 Å². The van der Waals surface area contributed by atoms with E-state index in [4.69, 9.17) is 9.47 Å². The molecular formula is C25H29NO4. The highest BCUT2D eigenvalue weighted by atomic mass is 16.5. The summed E-state index contributed by atoms with van der Waals surface area (Å²) in [5.74, 6) is 0.148. The number of carbonyl (C=O) groups is 1. The Kier molecular flexibility index (Phi) is 5.25. The van der Waals surface area contributed by atoms with Crippen LogP contribution < -0.4 is 5.32 Å². The van der Waals surface area contributed by atoms with Crippen molar-refractivity contribution in [1.82, 2.24) is 5.32 Å². The zero-order valence-corrected chi connectivity index (χ0v) is 17.2. The molecule has 2 aliphatic carbocycles. The number of alkyl carbamates (subject to hydrolysis) is 1. The van der Waals surface area contributed by atoms with E-state index in [0.717, 1.165) is 38.9 Å². The number of ether oxygens (including phenoxy) is 2. The van der Waals surface area contributed by atoms with Gasteiger partial charge in [-0.1, -0.05) is 48.5 Å². The molecule has 2 fully saturated rings. The van der Waals surface area contributed by atoms with Crippen molar-refractivity contribution < 1.29 is 19.4 Å². The molecule has 0 unspecified atom stereocenters. The molecule has 5 rings (SSSR count). The lowest BCUT2D eigenvalue weighted by Gasteiger charge is -2.37. The van der Waals surface area contributed by atoms with Crippen molar-refractivity contribution in [3.05, 3.63) is 59.7 Å². The topological polar surface area (TPSA) is 67.8 Å². The Morgan fingerprint density at radius 2 is 1.67 bits per heavy atom. The van der Waals surface area contributed by atoms with Gasteiger partial charge in [-0.25, -0.2) is 4.79 Å². The van der Waals surface area contributed by atoms with Crippen LogP contribution in [0, 0.1) is 11.3 Å². The number of nitrogens with one attached hydrogen (secondary N) is 1. The summed E-state index contributed by atoms with van der Waals surface area (Å²) in [7, 11) is 0. The average Bonchev–Trinajstić information content (AvgIpc) is 3.27. The predicted molar refractivity (Wildman–Crippen MR) is 114 cm³/mol. The molecule has 1 amide bonds. The van der Waals surface area contributed by atoms with Crippen LogP contribution in [0.1, 0.15) is 42.7 Å². The minimum atomic E-state index is -0.406. The normalized spacial score (nSPS) is 24.4. The largest absolute Gasteiger partial charge is 0.449 e. The number of hydrogen-bond acceptors (Lipinski definition) is 4. The van der Waals surface area contributed by atoms with Gasteiger partial charge in [0.15, 0.2) is 0 Å². The van der Waals surface area contributed by atoms with Crippen molar-refractivity contribution in [2.45, 2.75) is 37.7 Å². The van der Waals surface area contributed by atoms with Gasteiger partial charge in [-0.15, -0.1) is 0 Å². The molecule has 2 aromatic carbocycles. The Bertz CT molecular complexity index is 875. The van der Waals surface area contributed by atoms with Gasteiger partial charge in [-0.2, -0.15) is 0 Å². The third-order valence-corrected chi connectivity index (χ3v) is 7.43. The van der Waals surface area contributed by atoms with Crippen molar-refractivity contribution in [2.24, 2.45) is 11.3 Å². The summed E-state index contributed by atoms with van der Waals surface area (Å²) >= 11 is 0. The van der Waals surface area contributed by atoms with Crippen LogP contribution in [-0.4, -0.2) is 43.7 Å². The summed E-state index contributed by atoms with van der Waals surface area (Å²) in [4.78, 5) is 12.4. The second kappa shape index (κ2) is 8.05. The minimum Gasteiger partial charge on any atom is -0.449 e. The number of rotatable bonds is 4. The van der Waals surface area contributed by atoms with Crippen LogP contribution in [0.2, 0.25) is 0 Å². The second-order valence-electron chi connectivity index (χ2n) is 8.92. The van der Waals surface area contributed by atoms with Crippen molar-refractivity contribution in [3.63, 3.8) is 0 Å². The van der Waals surface area contributed by atoms with Crippen LogP contribution in [-0.2, 0) is 9.47 Å². The van der Waals surface area contributed by atoms with Crippen LogP contribution in [0.15, 0.2) is 48.5 Å². The molecule has 3 aliphatic rings. The monoisotopic (exact) mass is 407 g/mol. The number of benzene rings is 2. The van der Waals surface area contributed by atoms with Crippen LogP contribution in [0.3, 0.4) is 0 Å². The summed E-state index contributed by atoms with van der Waals surface area (Å²) in [6.07, 6.45) is 2.98. The number of amides is 1. The third-order valence-electron chi connectivity index (χ3n) is 7.43. The summed E-state index contributed by atoms with van der Waals surface area (Å²) in [5.41, 5.74) is 4.83. The van der Waals surface area contributed by atoms with Crippen molar-refractivity contribution in [3.8, 4) is 11.1 Å². The second-order valence-corrected chi connectivity index (χ2v) is 8.92. The molecule has 1 saturated heterocycles. The predicted octanol–water partition coefficient (Wildman–Crippen LogP) is 4.09. The maximum absolute atomic E-state index is 12.4. The molecule has 158 valence electrons. The summed E-state index contributed by atoms with van der Waals surface area (Å²) in [6, 6.07) is 16.6.